The van der Waals surface area contributed by atoms with E-state index in [2.05, 4.69) is 32.9 Å². The summed E-state index contributed by atoms with van der Waals surface area (Å²) in [7, 11) is -3.67. The molecule has 1 heterocycles. The fourth-order valence-electron chi connectivity index (χ4n) is 3.02. The van der Waals surface area contributed by atoms with Crippen molar-refractivity contribution in [3.63, 3.8) is 0 Å². The zero-order chi connectivity index (χ0) is 18.7. The number of amides is 1. The first-order valence-corrected chi connectivity index (χ1v) is 10.8. The van der Waals surface area contributed by atoms with E-state index in [4.69, 9.17) is 0 Å². The van der Waals surface area contributed by atoms with Gasteiger partial charge in [-0.15, -0.1) is 0 Å². The standard InChI is InChI=1S/C19H21BrN2O3S/c1-13(14-5-3-2-4-6-14)9-10-21-26(24,25)18-12-17-15(11-16(18)20)7-8-19(23)22-17/h2-6,11-13,21H,7-10H2,1H3,(H,22,23). The van der Waals surface area contributed by atoms with E-state index in [9.17, 15) is 13.2 Å². The highest BCUT2D eigenvalue weighted by atomic mass is 79.9. The van der Waals surface area contributed by atoms with E-state index in [1.807, 2.05) is 30.3 Å². The molecule has 1 unspecified atom stereocenters. The van der Waals surface area contributed by atoms with Crippen LogP contribution in [0.2, 0.25) is 0 Å². The number of sulfonamides is 1. The summed E-state index contributed by atoms with van der Waals surface area (Å²) in [6.07, 6.45) is 1.73. The van der Waals surface area contributed by atoms with Crippen LogP contribution in [-0.2, 0) is 21.2 Å². The van der Waals surface area contributed by atoms with Gasteiger partial charge < -0.3 is 5.32 Å². The van der Waals surface area contributed by atoms with E-state index in [-0.39, 0.29) is 16.7 Å². The molecule has 1 atom stereocenters. The Kier molecular flexibility index (Phi) is 5.79. The first-order valence-electron chi connectivity index (χ1n) is 8.54. The molecule has 2 aromatic rings. The van der Waals surface area contributed by atoms with Gasteiger partial charge in [0.1, 0.15) is 0 Å². The first kappa shape index (κ1) is 19.1. The summed E-state index contributed by atoms with van der Waals surface area (Å²) in [6.45, 7) is 2.42. The Labute approximate surface area is 162 Å². The largest absolute Gasteiger partial charge is 0.326 e. The van der Waals surface area contributed by atoms with Gasteiger partial charge in [-0.25, -0.2) is 13.1 Å². The number of benzene rings is 2. The summed E-state index contributed by atoms with van der Waals surface area (Å²) in [5, 5.41) is 2.74. The average Bonchev–Trinajstić information content (AvgIpc) is 2.62. The number of hydrogen-bond acceptors (Lipinski definition) is 3. The molecule has 7 heteroatoms. The van der Waals surface area contributed by atoms with Crippen LogP contribution >= 0.6 is 15.9 Å². The van der Waals surface area contributed by atoms with Crippen molar-refractivity contribution in [1.29, 1.82) is 0 Å². The third-order valence-corrected chi connectivity index (χ3v) is 7.00. The number of hydrogen-bond donors (Lipinski definition) is 2. The van der Waals surface area contributed by atoms with Crippen LogP contribution in [0.3, 0.4) is 0 Å². The second-order valence-corrected chi connectivity index (χ2v) is 9.08. The number of carbonyl (C=O) groups is 1. The average molecular weight is 437 g/mol. The highest BCUT2D eigenvalue weighted by Gasteiger charge is 2.23. The molecule has 1 aliphatic rings. The SMILES string of the molecule is CC(CCNS(=O)(=O)c1cc2c(cc1Br)CCC(=O)N2)c1ccccc1. The lowest BCUT2D eigenvalue weighted by atomic mass is 9.98. The van der Waals surface area contributed by atoms with Crippen LogP contribution in [0, 0.1) is 0 Å². The predicted octanol–water partition coefficient (Wildman–Crippen LogP) is 3.81. The molecule has 0 aliphatic carbocycles. The maximum atomic E-state index is 12.7. The van der Waals surface area contributed by atoms with Crippen molar-refractivity contribution in [2.45, 2.75) is 37.0 Å². The van der Waals surface area contributed by atoms with E-state index in [1.54, 1.807) is 6.07 Å². The second kappa shape index (κ2) is 7.90. The monoisotopic (exact) mass is 436 g/mol. The normalized spacial score (nSPS) is 15.2. The molecule has 1 aliphatic heterocycles. The van der Waals surface area contributed by atoms with Gasteiger partial charge in [0.05, 0.1) is 4.90 Å². The molecule has 5 nitrogen and oxygen atoms in total. The Bertz CT molecular complexity index is 914. The molecule has 0 radical (unpaired) electrons. The Morgan fingerprint density at radius 3 is 2.65 bits per heavy atom. The highest BCUT2D eigenvalue weighted by Crippen LogP contribution is 2.32. The van der Waals surface area contributed by atoms with E-state index >= 15 is 0 Å². The van der Waals surface area contributed by atoms with Crippen LogP contribution in [0.25, 0.3) is 0 Å². The molecule has 0 saturated carbocycles. The number of anilines is 1. The molecule has 0 fully saturated rings. The van der Waals surface area contributed by atoms with Crippen LogP contribution < -0.4 is 10.0 Å². The number of carbonyl (C=O) groups excluding carboxylic acids is 1. The van der Waals surface area contributed by atoms with Gasteiger partial charge in [-0.3, -0.25) is 4.79 Å². The van der Waals surface area contributed by atoms with Crippen LogP contribution in [0.1, 0.15) is 36.8 Å². The van der Waals surface area contributed by atoms with Gasteiger partial charge in [-0.2, -0.15) is 0 Å². The number of aryl methyl sites for hydroxylation is 1. The van der Waals surface area contributed by atoms with Gasteiger partial charge in [0.25, 0.3) is 0 Å². The lowest BCUT2D eigenvalue weighted by molar-refractivity contribution is -0.116. The molecule has 0 bridgehead atoms. The molecule has 138 valence electrons. The third-order valence-electron chi connectivity index (χ3n) is 4.58. The van der Waals surface area contributed by atoms with Crippen molar-refractivity contribution in [1.82, 2.24) is 4.72 Å². The Hall–Kier alpha value is -1.70. The topological polar surface area (TPSA) is 75.3 Å². The predicted molar refractivity (Wildman–Crippen MR) is 106 cm³/mol. The summed E-state index contributed by atoms with van der Waals surface area (Å²) in [4.78, 5) is 11.7. The van der Waals surface area contributed by atoms with Crippen molar-refractivity contribution in [2.75, 3.05) is 11.9 Å². The number of fused-ring (bicyclic) bond motifs is 1. The number of rotatable bonds is 6. The summed E-state index contributed by atoms with van der Waals surface area (Å²) >= 11 is 3.35. The fourth-order valence-corrected chi connectivity index (χ4v) is 5.18. The van der Waals surface area contributed by atoms with Gasteiger partial charge in [0.2, 0.25) is 15.9 Å². The highest BCUT2D eigenvalue weighted by molar-refractivity contribution is 9.10. The zero-order valence-corrected chi connectivity index (χ0v) is 16.9. The molecule has 0 spiro atoms. The summed E-state index contributed by atoms with van der Waals surface area (Å²) in [5.74, 6) is 0.165. The van der Waals surface area contributed by atoms with Gasteiger partial charge in [0.15, 0.2) is 0 Å². The second-order valence-electron chi connectivity index (χ2n) is 6.49. The van der Waals surface area contributed by atoms with Crippen molar-refractivity contribution in [2.24, 2.45) is 0 Å². The smallest absolute Gasteiger partial charge is 0.241 e. The van der Waals surface area contributed by atoms with E-state index < -0.39 is 10.0 Å². The van der Waals surface area contributed by atoms with Crippen molar-refractivity contribution < 1.29 is 13.2 Å². The Morgan fingerprint density at radius 2 is 1.92 bits per heavy atom. The maximum absolute atomic E-state index is 12.7. The summed E-state index contributed by atoms with van der Waals surface area (Å²) in [5.41, 5.74) is 2.69. The molecular weight excluding hydrogens is 416 g/mol. The first-order chi connectivity index (χ1) is 12.4. The Balaban J connectivity index is 1.70. The third kappa shape index (κ3) is 4.34. The number of nitrogens with one attached hydrogen (secondary N) is 2. The van der Waals surface area contributed by atoms with E-state index in [0.29, 0.717) is 36.0 Å². The molecule has 0 aromatic heterocycles. The summed E-state index contributed by atoms with van der Waals surface area (Å²) in [6, 6.07) is 13.3. The van der Waals surface area contributed by atoms with Gasteiger partial charge in [0, 0.05) is 23.1 Å². The summed E-state index contributed by atoms with van der Waals surface area (Å²) < 4.78 is 28.5. The van der Waals surface area contributed by atoms with Crippen LogP contribution in [-0.4, -0.2) is 20.9 Å². The van der Waals surface area contributed by atoms with Crippen LogP contribution in [0.15, 0.2) is 51.8 Å². The van der Waals surface area contributed by atoms with Gasteiger partial charge in [-0.05, 0) is 57.9 Å². The van der Waals surface area contributed by atoms with Crippen molar-refractivity contribution in [3.05, 3.63) is 58.1 Å². The molecule has 0 saturated heterocycles. The molecule has 3 rings (SSSR count). The van der Waals surface area contributed by atoms with Crippen molar-refractivity contribution >= 4 is 37.5 Å². The molecule has 26 heavy (non-hydrogen) atoms. The number of halogens is 1. The van der Waals surface area contributed by atoms with Gasteiger partial charge >= 0.3 is 0 Å². The minimum Gasteiger partial charge on any atom is -0.326 e. The van der Waals surface area contributed by atoms with Crippen LogP contribution in [0.4, 0.5) is 5.69 Å². The molecule has 1 amide bonds. The van der Waals surface area contributed by atoms with E-state index in [1.165, 1.54) is 11.6 Å². The van der Waals surface area contributed by atoms with Gasteiger partial charge in [-0.1, -0.05) is 37.3 Å². The minimum absolute atomic E-state index is 0.0900. The molecule has 2 N–H and O–H groups in total. The van der Waals surface area contributed by atoms with E-state index in [0.717, 1.165) is 5.56 Å². The molecular formula is C19H21BrN2O3S. The van der Waals surface area contributed by atoms with Crippen molar-refractivity contribution in [3.8, 4) is 0 Å². The quantitative estimate of drug-likeness (QED) is 0.722. The Morgan fingerprint density at radius 1 is 1.19 bits per heavy atom. The lowest BCUT2D eigenvalue weighted by Crippen LogP contribution is -2.27. The maximum Gasteiger partial charge on any atom is 0.241 e. The lowest BCUT2D eigenvalue weighted by Gasteiger charge is -2.19. The fraction of sp³-hybridized carbons (Fsp3) is 0.316. The minimum atomic E-state index is -3.67. The zero-order valence-electron chi connectivity index (χ0n) is 14.5. The van der Waals surface area contributed by atoms with Crippen LogP contribution in [0.5, 0.6) is 0 Å². The molecule has 2 aromatic carbocycles.